The maximum Gasteiger partial charge on any atom is 0.257 e. The molecule has 1 aliphatic carbocycles. The highest BCUT2D eigenvalue weighted by Crippen LogP contribution is 2.30. The molecule has 18 heavy (non-hydrogen) atoms. The zero-order chi connectivity index (χ0) is 13.0. The standard InChI is InChI=1S/C14H20N2O2/c1-18-13-6-3-2-5-12(13)14(17)16(10-4-9-15)11-7-8-11/h2-3,5-6,11H,4,7-10,15H2,1H3. The summed E-state index contributed by atoms with van der Waals surface area (Å²) in [6, 6.07) is 7.77. The maximum atomic E-state index is 12.5. The number of para-hydroxylation sites is 1. The Kier molecular flexibility index (Phi) is 4.20. The molecule has 2 rings (SSSR count). The van der Waals surface area contributed by atoms with Crippen molar-refractivity contribution >= 4 is 5.91 Å². The number of carbonyl (C=O) groups excluding carboxylic acids is 1. The fraction of sp³-hybridized carbons (Fsp3) is 0.500. The van der Waals surface area contributed by atoms with Crippen LogP contribution in [-0.2, 0) is 0 Å². The minimum Gasteiger partial charge on any atom is -0.496 e. The molecular formula is C14H20N2O2. The fourth-order valence-corrected chi connectivity index (χ4v) is 2.07. The first kappa shape index (κ1) is 12.9. The predicted octanol–water partition coefficient (Wildman–Crippen LogP) is 1.65. The number of methoxy groups -OCH3 is 1. The van der Waals surface area contributed by atoms with E-state index < -0.39 is 0 Å². The van der Waals surface area contributed by atoms with Gasteiger partial charge in [0.2, 0.25) is 0 Å². The molecule has 0 saturated heterocycles. The van der Waals surface area contributed by atoms with Crippen LogP contribution in [0.15, 0.2) is 24.3 Å². The molecule has 1 amide bonds. The molecule has 0 radical (unpaired) electrons. The zero-order valence-corrected chi connectivity index (χ0v) is 10.8. The lowest BCUT2D eigenvalue weighted by Crippen LogP contribution is -2.35. The molecule has 0 bridgehead atoms. The number of nitrogens with two attached hydrogens (primary N) is 1. The van der Waals surface area contributed by atoms with Gasteiger partial charge in [0.1, 0.15) is 5.75 Å². The third kappa shape index (κ3) is 2.82. The molecule has 1 fully saturated rings. The molecule has 0 spiro atoms. The van der Waals surface area contributed by atoms with E-state index in [2.05, 4.69) is 0 Å². The number of amides is 1. The van der Waals surface area contributed by atoms with Gasteiger partial charge in [0, 0.05) is 12.6 Å². The average Bonchev–Trinajstić information content (AvgIpc) is 3.23. The molecule has 0 aromatic heterocycles. The molecule has 1 aromatic carbocycles. The normalized spacial score (nSPS) is 14.3. The number of carbonyl (C=O) groups is 1. The van der Waals surface area contributed by atoms with Gasteiger partial charge in [-0.1, -0.05) is 12.1 Å². The quantitative estimate of drug-likeness (QED) is 0.832. The van der Waals surface area contributed by atoms with Gasteiger partial charge in [-0.3, -0.25) is 4.79 Å². The van der Waals surface area contributed by atoms with Crippen LogP contribution in [0.1, 0.15) is 29.6 Å². The van der Waals surface area contributed by atoms with Crippen LogP contribution in [0.2, 0.25) is 0 Å². The van der Waals surface area contributed by atoms with Gasteiger partial charge in [-0.15, -0.1) is 0 Å². The van der Waals surface area contributed by atoms with E-state index >= 15 is 0 Å². The number of nitrogens with zero attached hydrogens (tertiary/aromatic N) is 1. The molecule has 0 aliphatic heterocycles. The molecule has 0 unspecified atom stereocenters. The van der Waals surface area contributed by atoms with E-state index in [1.807, 2.05) is 29.2 Å². The molecular weight excluding hydrogens is 228 g/mol. The van der Waals surface area contributed by atoms with Crippen LogP contribution in [-0.4, -0.2) is 37.0 Å². The van der Waals surface area contributed by atoms with E-state index in [1.165, 1.54) is 0 Å². The van der Waals surface area contributed by atoms with Crippen molar-refractivity contribution in [1.29, 1.82) is 0 Å². The van der Waals surface area contributed by atoms with E-state index in [0.29, 0.717) is 23.9 Å². The van der Waals surface area contributed by atoms with Crippen molar-refractivity contribution in [2.45, 2.75) is 25.3 Å². The second-order valence-electron chi connectivity index (χ2n) is 4.57. The van der Waals surface area contributed by atoms with Crippen molar-refractivity contribution in [3.63, 3.8) is 0 Å². The lowest BCUT2D eigenvalue weighted by molar-refractivity contribution is 0.0739. The molecule has 1 aliphatic rings. The van der Waals surface area contributed by atoms with Crippen molar-refractivity contribution in [2.24, 2.45) is 5.73 Å². The summed E-state index contributed by atoms with van der Waals surface area (Å²) in [4.78, 5) is 14.5. The molecule has 0 atom stereocenters. The number of ether oxygens (including phenoxy) is 1. The Balaban J connectivity index is 2.16. The van der Waals surface area contributed by atoms with Gasteiger partial charge < -0.3 is 15.4 Å². The minimum atomic E-state index is 0.0587. The predicted molar refractivity (Wildman–Crippen MR) is 70.7 cm³/mol. The fourth-order valence-electron chi connectivity index (χ4n) is 2.07. The van der Waals surface area contributed by atoms with E-state index in [1.54, 1.807) is 7.11 Å². The summed E-state index contributed by atoms with van der Waals surface area (Å²) >= 11 is 0. The van der Waals surface area contributed by atoms with Crippen LogP contribution in [0.25, 0.3) is 0 Å². The first-order valence-electron chi connectivity index (χ1n) is 6.42. The van der Waals surface area contributed by atoms with Gasteiger partial charge in [0.05, 0.1) is 12.7 Å². The summed E-state index contributed by atoms with van der Waals surface area (Å²) in [6.45, 7) is 1.35. The summed E-state index contributed by atoms with van der Waals surface area (Å²) < 4.78 is 5.25. The Morgan fingerprint density at radius 1 is 1.44 bits per heavy atom. The number of rotatable bonds is 6. The smallest absolute Gasteiger partial charge is 0.257 e. The van der Waals surface area contributed by atoms with Gasteiger partial charge in [-0.05, 0) is 37.9 Å². The van der Waals surface area contributed by atoms with Crippen molar-refractivity contribution < 1.29 is 9.53 Å². The largest absolute Gasteiger partial charge is 0.496 e. The van der Waals surface area contributed by atoms with Crippen molar-refractivity contribution in [3.8, 4) is 5.75 Å². The van der Waals surface area contributed by atoms with Crippen LogP contribution >= 0.6 is 0 Å². The molecule has 1 aromatic rings. The Morgan fingerprint density at radius 2 is 2.17 bits per heavy atom. The summed E-state index contributed by atoms with van der Waals surface area (Å²) in [5.74, 6) is 0.698. The summed E-state index contributed by atoms with van der Waals surface area (Å²) in [6.07, 6.45) is 3.05. The lowest BCUT2D eigenvalue weighted by Gasteiger charge is -2.23. The van der Waals surface area contributed by atoms with Crippen LogP contribution < -0.4 is 10.5 Å². The van der Waals surface area contributed by atoms with Gasteiger partial charge in [0.25, 0.3) is 5.91 Å². The monoisotopic (exact) mass is 248 g/mol. The molecule has 2 N–H and O–H groups in total. The third-order valence-electron chi connectivity index (χ3n) is 3.19. The second-order valence-corrected chi connectivity index (χ2v) is 4.57. The van der Waals surface area contributed by atoms with Gasteiger partial charge in [-0.25, -0.2) is 0 Å². The molecule has 4 nitrogen and oxygen atoms in total. The zero-order valence-electron chi connectivity index (χ0n) is 10.8. The topological polar surface area (TPSA) is 55.6 Å². The number of benzene rings is 1. The van der Waals surface area contributed by atoms with Crippen LogP contribution in [0.3, 0.4) is 0 Å². The van der Waals surface area contributed by atoms with Crippen LogP contribution in [0, 0.1) is 0 Å². The average molecular weight is 248 g/mol. The Hall–Kier alpha value is -1.55. The number of hydrogen-bond acceptors (Lipinski definition) is 3. The summed E-state index contributed by atoms with van der Waals surface area (Å²) in [5.41, 5.74) is 6.17. The van der Waals surface area contributed by atoms with E-state index in [-0.39, 0.29) is 5.91 Å². The number of hydrogen-bond donors (Lipinski definition) is 1. The Labute approximate surface area is 108 Å². The van der Waals surface area contributed by atoms with E-state index in [9.17, 15) is 4.79 Å². The van der Waals surface area contributed by atoms with Gasteiger partial charge in [0.15, 0.2) is 0 Å². The van der Waals surface area contributed by atoms with E-state index in [0.717, 1.165) is 25.8 Å². The highest BCUT2D eigenvalue weighted by Gasteiger charge is 2.33. The third-order valence-corrected chi connectivity index (χ3v) is 3.19. The first-order valence-corrected chi connectivity index (χ1v) is 6.42. The van der Waals surface area contributed by atoms with Gasteiger partial charge >= 0.3 is 0 Å². The highest BCUT2D eigenvalue weighted by atomic mass is 16.5. The Morgan fingerprint density at radius 3 is 2.78 bits per heavy atom. The van der Waals surface area contributed by atoms with Crippen molar-refractivity contribution in [2.75, 3.05) is 20.2 Å². The summed E-state index contributed by atoms with van der Waals surface area (Å²) in [5, 5.41) is 0. The SMILES string of the molecule is COc1ccccc1C(=O)N(CCCN)C1CC1. The highest BCUT2D eigenvalue weighted by molar-refractivity contribution is 5.97. The van der Waals surface area contributed by atoms with E-state index in [4.69, 9.17) is 10.5 Å². The van der Waals surface area contributed by atoms with Gasteiger partial charge in [-0.2, -0.15) is 0 Å². The Bertz CT molecular complexity index is 416. The second kappa shape index (κ2) is 5.87. The first-order chi connectivity index (χ1) is 8.77. The molecule has 0 heterocycles. The lowest BCUT2D eigenvalue weighted by atomic mass is 10.1. The summed E-state index contributed by atoms with van der Waals surface area (Å²) in [7, 11) is 1.59. The van der Waals surface area contributed by atoms with Crippen molar-refractivity contribution in [3.05, 3.63) is 29.8 Å². The van der Waals surface area contributed by atoms with Crippen LogP contribution in [0.5, 0.6) is 5.75 Å². The minimum absolute atomic E-state index is 0.0587. The molecule has 4 heteroatoms. The molecule has 1 saturated carbocycles. The molecule has 98 valence electrons. The van der Waals surface area contributed by atoms with Crippen molar-refractivity contribution in [1.82, 2.24) is 4.90 Å². The van der Waals surface area contributed by atoms with Crippen LogP contribution in [0.4, 0.5) is 0 Å². The maximum absolute atomic E-state index is 12.5.